The highest BCUT2D eigenvalue weighted by atomic mass is 16.8. The van der Waals surface area contributed by atoms with E-state index in [1.807, 2.05) is 25.2 Å². The summed E-state index contributed by atoms with van der Waals surface area (Å²) in [5.74, 6) is -2.42. The van der Waals surface area contributed by atoms with Crippen molar-refractivity contribution in [1.82, 2.24) is 4.98 Å². The summed E-state index contributed by atoms with van der Waals surface area (Å²) in [4.78, 5) is 15.7. The molecule has 1 fully saturated rings. The van der Waals surface area contributed by atoms with E-state index in [9.17, 15) is 30.3 Å². The number of fused-ring (bicyclic) bond motifs is 3. The lowest BCUT2D eigenvalue weighted by atomic mass is 9.79. The van der Waals surface area contributed by atoms with Gasteiger partial charge in [-0.05, 0) is 11.6 Å². The molecule has 1 saturated heterocycles. The predicted molar refractivity (Wildman–Crippen MR) is 134 cm³/mol. The maximum Gasteiger partial charge on any atom is 0.335 e. The van der Waals surface area contributed by atoms with Crippen LogP contribution in [0.4, 0.5) is 0 Å². The first kappa shape index (κ1) is 26.5. The van der Waals surface area contributed by atoms with E-state index in [0.29, 0.717) is 6.42 Å². The number of benzene rings is 1. The second-order valence-electron chi connectivity index (χ2n) is 9.98. The molecular weight excluding hydrogens is 496 g/mol. The quantitative estimate of drug-likeness (QED) is 0.216. The van der Waals surface area contributed by atoms with E-state index in [0.717, 1.165) is 41.5 Å². The third-order valence-electron chi connectivity index (χ3n) is 7.82. The smallest absolute Gasteiger partial charge is 0.335 e. The van der Waals surface area contributed by atoms with Gasteiger partial charge in [-0.3, -0.25) is 0 Å². The lowest BCUT2D eigenvalue weighted by molar-refractivity contribution is -0.499. The first-order valence-electron chi connectivity index (χ1n) is 12.6. The number of aliphatic hydroxyl groups excluding tert-OH is 4. The van der Waals surface area contributed by atoms with Gasteiger partial charge in [0.15, 0.2) is 12.0 Å². The van der Waals surface area contributed by atoms with Crippen molar-refractivity contribution in [3.05, 3.63) is 60.0 Å². The summed E-state index contributed by atoms with van der Waals surface area (Å²) >= 11 is 0. The van der Waals surface area contributed by atoms with E-state index in [1.165, 1.54) is 5.56 Å². The number of H-pyrrole nitrogens is 1. The van der Waals surface area contributed by atoms with Gasteiger partial charge in [-0.25, -0.2) is 9.37 Å². The number of carbonyl (C=O) groups is 1. The fourth-order valence-electron chi connectivity index (χ4n) is 5.66. The molecule has 6 N–H and O–H groups in total. The van der Waals surface area contributed by atoms with E-state index in [4.69, 9.17) is 14.2 Å². The second-order valence-corrected chi connectivity index (χ2v) is 9.98. The van der Waals surface area contributed by atoms with E-state index in [2.05, 4.69) is 22.2 Å². The fourth-order valence-corrected chi connectivity index (χ4v) is 5.66. The molecule has 0 amide bonds. The minimum Gasteiger partial charge on any atom is -0.478 e. The molecule has 0 radical (unpaired) electrons. The molecule has 0 aliphatic carbocycles. The van der Waals surface area contributed by atoms with Gasteiger partial charge in [-0.2, -0.15) is 0 Å². The lowest BCUT2D eigenvalue weighted by Gasteiger charge is -2.42. The molecule has 0 spiro atoms. The van der Waals surface area contributed by atoms with Crippen molar-refractivity contribution in [2.24, 2.45) is 11.8 Å². The van der Waals surface area contributed by atoms with Gasteiger partial charge in [0.2, 0.25) is 6.29 Å². The zero-order chi connectivity index (χ0) is 27.1. The largest absolute Gasteiger partial charge is 0.478 e. The van der Waals surface area contributed by atoms with Crippen LogP contribution >= 0.6 is 0 Å². The van der Waals surface area contributed by atoms with Gasteiger partial charge in [0.05, 0.1) is 18.4 Å². The summed E-state index contributed by atoms with van der Waals surface area (Å²) in [5.41, 5.74) is 4.15. The van der Waals surface area contributed by atoms with Gasteiger partial charge >= 0.3 is 5.97 Å². The number of rotatable bonds is 7. The molecule has 0 unspecified atom stereocenters. The standard InChI is InChI=1S/C27H32N2O9/c1-3-13-16(10-19-21-15(8-9-29(19)2)14-6-4-5-7-18(14)28-21)17(25(34)35)12-36-26(13)38-27-24(33)23(32)22(31)20(11-30)37-27/h3-7,12-13,16,20,22-24,26-27,30-33H,1,8-11H2,2H3,(H,34,35)/p+1/t13-,16+,20-,22-,23+,24-,26+,27+/m1/s1. The number of carboxylic acids is 1. The first-order valence-corrected chi connectivity index (χ1v) is 12.6. The number of aliphatic carboxylic acids is 1. The number of aliphatic hydroxyl groups is 4. The summed E-state index contributed by atoms with van der Waals surface area (Å²) in [7, 11) is 1.97. The van der Waals surface area contributed by atoms with Crippen LogP contribution in [0.5, 0.6) is 0 Å². The highest BCUT2D eigenvalue weighted by Crippen LogP contribution is 2.38. The third kappa shape index (κ3) is 4.55. The van der Waals surface area contributed by atoms with Gasteiger partial charge in [0.25, 0.3) is 0 Å². The highest BCUT2D eigenvalue weighted by Gasteiger charge is 2.48. The molecule has 204 valence electrons. The minimum absolute atomic E-state index is 0.0488. The molecule has 1 aromatic heterocycles. The third-order valence-corrected chi connectivity index (χ3v) is 7.82. The van der Waals surface area contributed by atoms with Gasteiger partial charge in [-0.15, -0.1) is 6.58 Å². The van der Waals surface area contributed by atoms with Crippen molar-refractivity contribution in [1.29, 1.82) is 0 Å². The van der Waals surface area contributed by atoms with Gasteiger partial charge in [0.1, 0.15) is 43.7 Å². The van der Waals surface area contributed by atoms with Crippen LogP contribution in [0.1, 0.15) is 17.7 Å². The Hall–Kier alpha value is -3.06. The molecule has 38 heavy (non-hydrogen) atoms. The molecule has 2 aromatic rings. The van der Waals surface area contributed by atoms with Crippen LogP contribution in [0.2, 0.25) is 0 Å². The number of hydrogen-bond donors (Lipinski definition) is 6. The van der Waals surface area contributed by atoms with Crippen LogP contribution in [0, 0.1) is 11.8 Å². The number of ether oxygens (including phenoxy) is 3. The topological polar surface area (TPSA) is 165 Å². The fraction of sp³-hybridized carbons (Fsp3) is 0.481. The highest BCUT2D eigenvalue weighted by molar-refractivity contribution is 6.04. The Labute approximate surface area is 218 Å². The SMILES string of the molecule is C=C[C@H]1[C@H](O[C@@H]2O[C@H](CO)[C@@H](O)[C@H](O)[C@H]2O)OC=C(C(=O)O)[C@H]1CC1=[N+](C)CCc2c1[nH]c1ccccc21. The number of likely N-dealkylation sites (N-methyl/N-ethyl adjacent to an activating group) is 1. The summed E-state index contributed by atoms with van der Waals surface area (Å²) in [6.07, 6.45) is -4.62. The van der Waals surface area contributed by atoms with E-state index in [1.54, 1.807) is 6.08 Å². The Balaban J connectivity index is 1.46. The maximum atomic E-state index is 12.2. The number of nitrogens with one attached hydrogen (secondary N) is 1. The first-order chi connectivity index (χ1) is 18.2. The molecule has 11 nitrogen and oxygen atoms in total. The number of para-hydroxylation sites is 1. The van der Waals surface area contributed by atoms with Crippen molar-refractivity contribution >= 4 is 22.6 Å². The number of carboxylic acid groups (broad SMARTS) is 1. The molecule has 0 saturated carbocycles. The molecular formula is C27H33N2O9+. The van der Waals surface area contributed by atoms with Crippen molar-refractivity contribution in [2.45, 2.75) is 49.8 Å². The van der Waals surface area contributed by atoms with Gasteiger partial charge in [0, 0.05) is 35.6 Å². The monoisotopic (exact) mass is 529 g/mol. The average molecular weight is 530 g/mol. The molecule has 3 aliphatic heterocycles. The molecule has 1 aromatic carbocycles. The van der Waals surface area contributed by atoms with Gasteiger partial charge < -0.3 is 44.7 Å². The van der Waals surface area contributed by atoms with Crippen molar-refractivity contribution in [3.63, 3.8) is 0 Å². The molecule has 3 aliphatic rings. The molecule has 8 atom stereocenters. The number of aromatic nitrogens is 1. The molecule has 4 heterocycles. The molecule has 11 heteroatoms. The summed E-state index contributed by atoms with van der Waals surface area (Å²) in [6.45, 7) is 4.06. The van der Waals surface area contributed by atoms with E-state index < -0.39 is 61.4 Å². The molecule has 0 bridgehead atoms. The summed E-state index contributed by atoms with van der Waals surface area (Å²) in [5, 5.41) is 51.3. The summed E-state index contributed by atoms with van der Waals surface area (Å²) < 4.78 is 19.1. The zero-order valence-corrected chi connectivity index (χ0v) is 20.9. The van der Waals surface area contributed by atoms with Gasteiger partial charge in [-0.1, -0.05) is 24.3 Å². The van der Waals surface area contributed by atoms with E-state index in [-0.39, 0.29) is 5.57 Å². The van der Waals surface area contributed by atoms with Crippen molar-refractivity contribution in [2.75, 3.05) is 20.2 Å². The van der Waals surface area contributed by atoms with Crippen LogP contribution < -0.4 is 0 Å². The zero-order valence-electron chi connectivity index (χ0n) is 20.9. The number of aromatic amines is 1. The summed E-state index contributed by atoms with van der Waals surface area (Å²) in [6, 6.07) is 8.04. The van der Waals surface area contributed by atoms with Crippen LogP contribution in [-0.4, -0.2) is 104 Å². The Morgan fingerprint density at radius 1 is 1.21 bits per heavy atom. The maximum absolute atomic E-state index is 12.2. The van der Waals surface area contributed by atoms with Crippen LogP contribution in [0.25, 0.3) is 10.9 Å². The normalized spacial score (nSPS) is 33.4. The Morgan fingerprint density at radius 2 is 1.97 bits per heavy atom. The van der Waals surface area contributed by atoms with Crippen LogP contribution in [-0.2, 0) is 25.4 Å². The Morgan fingerprint density at radius 3 is 2.68 bits per heavy atom. The average Bonchev–Trinajstić information content (AvgIpc) is 3.29. The van der Waals surface area contributed by atoms with E-state index >= 15 is 0 Å². The lowest BCUT2D eigenvalue weighted by Crippen LogP contribution is -2.60. The van der Waals surface area contributed by atoms with Crippen molar-refractivity contribution in [3.8, 4) is 0 Å². The second kappa shape index (κ2) is 10.6. The predicted octanol–water partition coefficient (Wildman–Crippen LogP) is 0.105. The minimum atomic E-state index is -1.63. The number of hydrogen-bond acceptors (Lipinski definition) is 8. The molecule has 5 rings (SSSR count). The van der Waals surface area contributed by atoms with Crippen LogP contribution in [0.3, 0.4) is 0 Å². The van der Waals surface area contributed by atoms with Crippen molar-refractivity contribution < 1.29 is 49.1 Å². The Bertz CT molecular complexity index is 1280. The van der Waals surface area contributed by atoms with Crippen LogP contribution in [0.15, 0.2) is 48.8 Å². The Kier molecular flexibility index (Phi) is 7.40. The number of nitrogens with zero attached hydrogens (tertiary/aromatic N) is 1.